The average Bonchev–Trinajstić information content (AvgIpc) is 3.20. The van der Waals surface area contributed by atoms with Gasteiger partial charge < -0.3 is 24.1 Å². The summed E-state index contributed by atoms with van der Waals surface area (Å²) in [7, 11) is 0. The van der Waals surface area contributed by atoms with Crippen LogP contribution >= 0.6 is 0 Å². The maximum absolute atomic E-state index is 10.8. The molecule has 0 aliphatic rings. The molecule has 0 heterocycles. The normalized spacial score (nSPS) is 10.6. The van der Waals surface area contributed by atoms with Gasteiger partial charge in [-0.05, 0) is 118 Å². The predicted molar refractivity (Wildman–Crippen MR) is 209 cm³/mol. The number of hydrogen-bond donors (Lipinski definition) is 1. The second-order valence-electron chi connectivity index (χ2n) is 12.1. The first-order chi connectivity index (χ1) is 26.1. The van der Waals surface area contributed by atoms with E-state index in [1.807, 2.05) is 97.1 Å². The van der Waals surface area contributed by atoms with Gasteiger partial charge in [0, 0.05) is 0 Å². The number of rotatable bonds is 14. The lowest BCUT2D eigenvalue weighted by Gasteiger charge is -2.13. The van der Waals surface area contributed by atoms with E-state index in [1.165, 1.54) is 0 Å². The molecule has 7 aromatic rings. The van der Waals surface area contributed by atoms with Crippen LogP contribution in [0.3, 0.4) is 0 Å². The SMILES string of the molecule is O=C(O)COc1ccc(OCC=C(c2ccc(-c3cccc(Oc4ccccc4)c3)cc2)c2ccc(-c3cccc(Oc4ccccc4)c3)cc2)cc1. The van der Waals surface area contributed by atoms with Crippen LogP contribution in [-0.4, -0.2) is 24.3 Å². The van der Waals surface area contributed by atoms with Crippen molar-refractivity contribution in [2.45, 2.75) is 0 Å². The number of benzene rings is 7. The topological polar surface area (TPSA) is 74.2 Å². The molecule has 0 amide bonds. The molecule has 7 rings (SSSR count). The molecule has 0 aliphatic heterocycles. The lowest BCUT2D eigenvalue weighted by Crippen LogP contribution is -2.09. The van der Waals surface area contributed by atoms with Crippen molar-refractivity contribution in [2.24, 2.45) is 0 Å². The molecule has 7 aromatic carbocycles. The van der Waals surface area contributed by atoms with Gasteiger partial charge in [-0.1, -0.05) is 109 Å². The van der Waals surface area contributed by atoms with E-state index in [2.05, 4.69) is 66.7 Å². The van der Waals surface area contributed by atoms with Crippen LogP contribution in [0.5, 0.6) is 34.5 Å². The third-order valence-corrected chi connectivity index (χ3v) is 8.41. The zero-order valence-corrected chi connectivity index (χ0v) is 28.8. The third-order valence-electron chi connectivity index (χ3n) is 8.41. The van der Waals surface area contributed by atoms with Crippen LogP contribution in [0.15, 0.2) is 188 Å². The molecular formula is C47H36O6. The van der Waals surface area contributed by atoms with E-state index >= 15 is 0 Å². The van der Waals surface area contributed by atoms with Crippen molar-refractivity contribution in [1.82, 2.24) is 0 Å². The maximum atomic E-state index is 10.8. The van der Waals surface area contributed by atoms with Gasteiger partial charge in [0.25, 0.3) is 0 Å². The Balaban J connectivity index is 1.12. The quantitative estimate of drug-likeness (QED) is 0.122. The molecule has 0 fully saturated rings. The summed E-state index contributed by atoms with van der Waals surface area (Å²) in [6.07, 6.45) is 2.07. The van der Waals surface area contributed by atoms with Gasteiger partial charge in [-0.2, -0.15) is 0 Å². The number of carbonyl (C=O) groups is 1. The number of carboxylic acid groups (broad SMARTS) is 1. The molecule has 6 nitrogen and oxygen atoms in total. The molecule has 0 radical (unpaired) electrons. The largest absolute Gasteiger partial charge is 0.490 e. The Morgan fingerprint density at radius 2 is 0.868 bits per heavy atom. The van der Waals surface area contributed by atoms with Crippen LogP contribution in [0.4, 0.5) is 0 Å². The van der Waals surface area contributed by atoms with E-state index < -0.39 is 12.6 Å². The van der Waals surface area contributed by atoms with E-state index in [4.69, 9.17) is 24.1 Å². The summed E-state index contributed by atoms with van der Waals surface area (Å²) in [6, 6.07) is 59.6. The molecule has 260 valence electrons. The van der Waals surface area contributed by atoms with Crippen molar-refractivity contribution in [1.29, 1.82) is 0 Å². The number of para-hydroxylation sites is 2. The predicted octanol–water partition coefficient (Wildman–Crippen LogP) is 11.6. The van der Waals surface area contributed by atoms with Gasteiger partial charge in [0.05, 0.1) is 0 Å². The van der Waals surface area contributed by atoms with Gasteiger partial charge >= 0.3 is 5.97 Å². The molecule has 0 unspecified atom stereocenters. The monoisotopic (exact) mass is 696 g/mol. The average molecular weight is 697 g/mol. The van der Waals surface area contributed by atoms with Crippen molar-refractivity contribution in [3.63, 3.8) is 0 Å². The van der Waals surface area contributed by atoms with E-state index in [1.54, 1.807) is 24.3 Å². The van der Waals surface area contributed by atoms with Crippen LogP contribution in [0.1, 0.15) is 11.1 Å². The first-order valence-electron chi connectivity index (χ1n) is 17.2. The molecule has 0 saturated heterocycles. The number of carboxylic acids is 1. The summed E-state index contributed by atoms with van der Waals surface area (Å²) in [4.78, 5) is 10.8. The third kappa shape index (κ3) is 9.39. The molecule has 6 heteroatoms. The van der Waals surface area contributed by atoms with Crippen LogP contribution < -0.4 is 18.9 Å². The fourth-order valence-electron chi connectivity index (χ4n) is 5.81. The minimum Gasteiger partial charge on any atom is -0.490 e. The molecule has 0 spiro atoms. The Hall–Kier alpha value is -7.05. The smallest absolute Gasteiger partial charge is 0.341 e. The Kier molecular flexibility index (Phi) is 10.9. The van der Waals surface area contributed by atoms with Crippen LogP contribution in [-0.2, 0) is 4.79 Å². The molecule has 0 aromatic heterocycles. The number of aliphatic carboxylic acids is 1. The van der Waals surface area contributed by atoms with Crippen molar-refractivity contribution in [3.8, 4) is 56.8 Å². The van der Waals surface area contributed by atoms with Crippen LogP contribution in [0.2, 0.25) is 0 Å². The summed E-state index contributed by atoms with van der Waals surface area (Å²) < 4.78 is 23.5. The summed E-state index contributed by atoms with van der Waals surface area (Å²) >= 11 is 0. The fraction of sp³-hybridized carbons (Fsp3) is 0.0426. The van der Waals surface area contributed by atoms with Crippen molar-refractivity contribution in [3.05, 3.63) is 199 Å². The molecular weight excluding hydrogens is 661 g/mol. The summed E-state index contributed by atoms with van der Waals surface area (Å²) in [5.41, 5.74) is 7.35. The minimum atomic E-state index is -1.03. The molecule has 0 aliphatic carbocycles. The Morgan fingerprint density at radius 3 is 1.32 bits per heavy atom. The highest BCUT2D eigenvalue weighted by molar-refractivity contribution is 5.82. The number of ether oxygens (including phenoxy) is 4. The van der Waals surface area contributed by atoms with Gasteiger partial charge in [-0.15, -0.1) is 0 Å². The zero-order chi connectivity index (χ0) is 36.2. The van der Waals surface area contributed by atoms with Gasteiger partial charge in [-0.3, -0.25) is 0 Å². The lowest BCUT2D eigenvalue weighted by molar-refractivity contribution is -0.139. The van der Waals surface area contributed by atoms with Crippen molar-refractivity contribution < 1.29 is 28.8 Å². The highest BCUT2D eigenvalue weighted by Gasteiger charge is 2.10. The zero-order valence-electron chi connectivity index (χ0n) is 28.8. The van der Waals surface area contributed by atoms with Gasteiger partial charge in [0.2, 0.25) is 0 Å². The fourth-order valence-corrected chi connectivity index (χ4v) is 5.81. The van der Waals surface area contributed by atoms with E-state index in [0.717, 1.165) is 62.0 Å². The molecule has 0 atom stereocenters. The molecule has 0 bridgehead atoms. The van der Waals surface area contributed by atoms with Crippen molar-refractivity contribution in [2.75, 3.05) is 13.2 Å². The minimum absolute atomic E-state index is 0.311. The van der Waals surface area contributed by atoms with E-state index in [9.17, 15) is 4.79 Å². The van der Waals surface area contributed by atoms with E-state index in [0.29, 0.717) is 18.1 Å². The van der Waals surface area contributed by atoms with Crippen molar-refractivity contribution >= 4 is 11.5 Å². The highest BCUT2D eigenvalue weighted by Crippen LogP contribution is 2.32. The Bertz CT molecular complexity index is 2150. The lowest BCUT2D eigenvalue weighted by atomic mass is 9.94. The maximum Gasteiger partial charge on any atom is 0.341 e. The van der Waals surface area contributed by atoms with Gasteiger partial charge in [-0.25, -0.2) is 4.79 Å². The first kappa shape index (κ1) is 34.4. The Labute approximate surface area is 308 Å². The van der Waals surface area contributed by atoms with E-state index in [-0.39, 0.29) is 0 Å². The molecule has 0 saturated carbocycles. The number of hydrogen-bond acceptors (Lipinski definition) is 5. The van der Waals surface area contributed by atoms with Crippen LogP contribution in [0, 0.1) is 0 Å². The molecule has 1 N–H and O–H groups in total. The first-order valence-corrected chi connectivity index (χ1v) is 17.2. The standard InChI is InChI=1S/C47H36O6/c48-47(49)33-51-41-27-25-40(26-28-41)50-30-29-46(36-21-17-34(18-22-36)38-9-7-15-44(31-38)52-42-11-3-1-4-12-42)37-23-19-35(20-24-37)39-10-8-16-45(32-39)53-43-13-5-2-6-14-43/h1-29,31-32H,30,33H2,(H,48,49). The molecule has 53 heavy (non-hydrogen) atoms. The van der Waals surface area contributed by atoms with Gasteiger partial charge in [0.1, 0.15) is 41.1 Å². The highest BCUT2D eigenvalue weighted by atomic mass is 16.5. The second-order valence-corrected chi connectivity index (χ2v) is 12.1. The summed E-state index contributed by atoms with van der Waals surface area (Å²) in [5, 5.41) is 8.89. The summed E-state index contributed by atoms with van der Waals surface area (Å²) in [5.74, 6) is 3.20. The van der Waals surface area contributed by atoms with Crippen LogP contribution in [0.25, 0.3) is 27.8 Å². The second kappa shape index (κ2) is 16.8. The summed E-state index contributed by atoms with van der Waals surface area (Å²) in [6.45, 7) is -0.0877. The Morgan fingerprint density at radius 1 is 0.434 bits per heavy atom. The van der Waals surface area contributed by atoms with Gasteiger partial charge in [0.15, 0.2) is 6.61 Å².